The van der Waals surface area contributed by atoms with Crippen LogP contribution in [0.4, 0.5) is 4.79 Å². The lowest BCUT2D eigenvalue weighted by atomic mass is 10.1. The van der Waals surface area contributed by atoms with Crippen LogP contribution in [-0.4, -0.2) is 41.1 Å². The van der Waals surface area contributed by atoms with Crippen molar-refractivity contribution >= 4 is 12.0 Å². The van der Waals surface area contributed by atoms with Crippen molar-refractivity contribution in [2.75, 3.05) is 13.1 Å². The van der Waals surface area contributed by atoms with Gasteiger partial charge in [-0.15, -0.1) is 0 Å². The summed E-state index contributed by atoms with van der Waals surface area (Å²) in [5.74, 6) is 0.231. The molecule has 2 atom stereocenters. The van der Waals surface area contributed by atoms with Gasteiger partial charge >= 0.3 is 12.0 Å². The molecule has 0 aromatic heterocycles. The number of nitrogens with one attached hydrogen (secondary N) is 1. The first-order valence-corrected chi connectivity index (χ1v) is 6.82. The van der Waals surface area contributed by atoms with Gasteiger partial charge in [-0.05, 0) is 43.9 Å². The normalized spacial score (nSPS) is 26.9. The minimum atomic E-state index is -0.939. The van der Waals surface area contributed by atoms with Crippen LogP contribution in [0.3, 0.4) is 0 Å². The van der Waals surface area contributed by atoms with Crippen molar-refractivity contribution in [2.24, 2.45) is 11.8 Å². The van der Waals surface area contributed by atoms with Gasteiger partial charge in [-0.3, -0.25) is 4.79 Å². The molecule has 0 aromatic carbocycles. The maximum atomic E-state index is 12.1. The number of hydrogen-bond donors (Lipinski definition) is 2. The van der Waals surface area contributed by atoms with Crippen LogP contribution in [-0.2, 0) is 4.79 Å². The zero-order chi connectivity index (χ0) is 13.1. The Hall–Kier alpha value is -1.26. The fourth-order valence-corrected chi connectivity index (χ4v) is 2.60. The predicted molar refractivity (Wildman–Crippen MR) is 67.3 cm³/mol. The molecule has 2 aliphatic rings. The summed E-state index contributed by atoms with van der Waals surface area (Å²) in [6.07, 6.45) is 5.40. The zero-order valence-corrected chi connectivity index (χ0v) is 10.9. The SMILES string of the molecule is CC1CCC(NC(=O)N(CC(=O)O)CC2CC2)C1. The molecular weight excluding hydrogens is 232 g/mol. The van der Waals surface area contributed by atoms with Crippen molar-refractivity contribution in [3.63, 3.8) is 0 Å². The van der Waals surface area contributed by atoms with Gasteiger partial charge in [-0.1, -0.05) is 6.92 Å². The van der Waals surface area contributed by atoms with Gasteiger partial charge in [0.05, 0.1) is 0 Å². The molecule has 2 aliphatic carbocycles. The molecule has 18 heavy (non-hydrogen) atoms. The van der Waals surface area contributed by atoms with E-state index in [0.717, 1.165) is 32.1 Å². The van der Waals surface area contributed by atoms with Gasteiger partial charge in [0, 0.05) is 12.6 Å². The highest BCUT2D eigenvalue weighted by molar-refractivity contribution is 5.80. The van der Waals surface area contributed by atoms with Gasteiger partial charge in [-0.2, -0.15) is 0 Å². The number of amides is 2. The molecule has 0 spiro atoms. The predicted octanol–water partition coefficient (Wildman–Crippen LogP) is 1.68. The van der Waals surface area contributed by atoms with E-state index in [2.05, 4.69) is 12.2 Å². The first kappa shape index (κ1) is 13.2. The molecule has 5 nitrogen and oxygen atoms in total. The van der Waals surface area contributed by atoms with E-state index in [0.29, 0.717) is 18.4 Å². The Morgan fingerprint density at radius 2 is 2.00 bits per heavy atom. The number of carbonyl (C=O) groups is 2. The summed E-state index contributed by atoms with van der Waals surface area (Å²) in [5.41, 5.74) is 0. The van der Waals surface area contributed by atoms with Crippen LogP contribution in [0, 0.1) is 11.8 Å². The molecule has 0 bridgehead atoms. The van der Waals surface area contributed by atoms with Crippen LogP contribution in [0.1, 0.15) is 39.0 Å². The molecular formula is C13H22N2O3. The maximum absolute atomic E-state index is 12.1. The number of carbonyl (C=O) groups excluding carboxylic acids is 1. The Balaban J connectivity index is 1.83. The van der Waals surface area contributed by atoms with Gasteiger partial charge < -0.3 is 15.3 Å². The Bertz CT molecular complexity index is 328. The number of carboxylic acids is 1. The Kier molecular flexibility index (Phi) is 4.09. The fraction of sp³-hybridized carbons (Fsp3) is 0.846. The Morgan fingerprint density at radius 3 is 2.50 bits per heavy atom. The monoisotopic (exact) mass is 254 g/mol. The van der Waals surface area contributed by atoms with Gasteiger partial charge in [0.25, 0.3) is 0 Å². The number of nitrogens with zero attached hydrogens (tertiary/aromatic N) is 1. The summed E-state index contributed by atoms with van der Waals surface area (Å²) in [7, 11) is 0. The van der Waals surface area contributed by atoms with Crippen LogP contribution in [0.25, 0.3) is 0 Å². The summed E-state index contributed by atoms with van der Waals surface area (Å²) in [4.78, 5) is 24.3. The van der Waals surface area contributed by atoms with Gasteiger partial charge in [0.2, 0.25) is 0 Å². The second-order valence-electron chi connectivity index (χ2n) is 5.78. The second-order valence-corrected chi connectivity index (χ2v) is 5.78. The van der Waals surface area contributed by atoms with E-state index >= 15 is 0 Å². The highest BCUT2D eigenvalue weighted by Gasteiger charge is 2.30. The Labute approximate surface area is 108 Å². The molecule has 0 aromatic rings. The van der Waals surface area contributed by atoms with E-state index in [4.69, 9.17) is 5.11 Å². The highest BCUT2D eigenvalue weighted by Crippen LogP contribution is 2.30. The van der Waals surface area contributed by atoms with Crippen LogP contribution >= 0.6 is 0 Å². The third-order valence-electron chi connectivity index (χ3n) is 3.81. The number of rotatable bonds is 5. The fourth-order valence-electron chi connectivity index (χ4n) is 2.60. The van der Waals surface area contributed by atoms with Crippen LogP contribution < -0.4 is 5.32 Å². The number of aliphatic carboxylic acids is 1. The van der Waals surface area contributed by atoms with Crippen molar-refractivity contribution in [1.82, 2.24) is 10.2 Å². The van der Waals surface area contributed by atoms with E-state index < -0.39 is 5.97 Å². The van der Waals surface area contributed by atoms with E-state index in [1.165, 1.54) is 4.90 Å². The minimum Gasteiger partial charge on any atom is -0.480 e. The smallest absolute Gasteiger partial charge is 0.323 e. The van der Waals surface area contributed by atoms with Crippen LogP contribution in [0.2, 0.25) is 0 Å². The summed E-state index contributed by atoms with van der Waals surface area (Å²) in [5, 5.41) is 11.8. The van der Waals surface area contributed by atoms with E-state index in [1.54, 1.807) is 0 Å². The maximum Gasteiger partial charge on any atom is 0.323 e. The summed E-state index contributed by atoms with van der Waals surface area (Å²) >= 11 is 0. The summed E-state index contributed by atoms with van der Waals surface area (Å²) in [6, 6.07) is 0.0198. The minimum absolute atomic E-state index is 0.190. The molecule has 2 rings (SSSR count). The molecule has 0 radical (unpaired) electrons. The molecule has 2 unspecified atom stereocenters. The lowest BCUT2D eigenvalue weighted by Crippen LogP contribution is -2.46. The number of urea groups is 1. The quantitative estimate of drug-likeness (QED) is 0.784. The standard InChI is InChI=1S/C13H22N2O3/c1-9-2-5-11(6-9)14-13(18)15(8-12(16)17)7-10-3-4-10/h9-11H,2-8H2,1H3,(H,14,18)(H,16,17). The first-order valence-electron chi connectivity index (χ1n) is 6.82. The largest absolute Gasteiger partial charge is 0.480 e. The zero-order valence-electron chi connectivity index (χ0n) is 10.9. The molecule has 5 heteroatoms. The first-order chi connectivity index (χ1) is 8.54. The molecule has 0 heterocycles. The van der Waals surface area contributed by atoms with E-state index in [-0.39, 0.29) is 18.6 Å². The van der Waals surface area contributed by atoms with E-state index in [1.807, 2.05) is 0 Å². The van der Waals surface area contributed by atoms with Crippen molar-refractivity contribution in [3.05, 3.63) is 0 Å². The second kappa shape index (κ2) is 5.59. The molecule has 0 saturated heterocycles. The third-order valence-corrected chi connectivity index (χ3v) is 3.81. The van der Waals surface area contributed by atoms with Crippen molar-refractivity contribution in [1.29, 1.82) is 0 Å². The van der Waals surface area contributed by atoms with Crippen LogP contribution in [0.15, 0.2) is 0 Å². The lowest BCUT2D eigenvalue weighted by Gasteiger charge is -2.23. The number of hydrogen-bond acceptors (Lipinski definition) is 2. The summed E-state index contributed by atoms with van der Waals surface area (Å²) in [6.45, 7) is 2.58. The van der Waals surface area contributed by atoms with Crippen molar-refractivity contribution in [3.8, 4) is 0 Å². The average molecular weight is 254 g/mol. The lowest BCUT2D eigenvalue weighted by molar-refractivity contribution is -0.137. The number of carboxylic acid groups (broad SMARTS) is 1. The van der Waals surface area contributed by atoms with Gasteiger partial charge in [-0.25, -0.2) is 4.79 Å². The average Bonchev–Trinajstić information content (AvgIpc) is 3.00. The van der Waals surface area contributed by atoms with Crippen molar-refractivity contribution < 1.29 is 14.7 Å². The van der Waals surface area contributed by atoms with Gasteiger partial charge in [0.15, 0.2) is 0 Å². The van der Waals surface area contributed by atoms with Crippen LogP contribution in [0.5, 0.6) is 0 Å². The molecule has 2 fully saturated rings. The molecule has 2 saturated carbocycles. The topological polar surface area (TPSA) is 69.6 Å². The van der Waals surface area contributed by atoms with Gasteiger partial charge in [0.1, 0.15) is 6.54 Å². The molecule has 0 aliphatic heterocycles. The Morgan fingerprint density at radius 1 is 1.28 bits per heavy atom. The third kappa shape index (κ3) is 3.89. The molecule has 2 N–H and O–H groups in total. The van der Waals surface area contributed by atoms with E-state index in [9.17, 15) is 9.59 Å². The molecule has 102 valence electrons. The molecule has 2 amide bonds. The summed E-state index contributed by atoms with van der Waals surface area (Å²) < 4.78 is 0. The van der Waals surface area contributed by atoms with Crippen molar-refractivity contribution in [2.45, 2.75) is 45.1 Å². The highest BCUT2D eigenvalue weighted by atomic mass is 16.4.